The molecule has 0 bridgehead atoms. The number of carbonyl (C=O) groups excluding carboxylic acids is 1. The van der Waals surface area contributed by atoms with E-state index in [4.69, 9.17) is 4.74 Å². The first-order chi connectivity index (χ1) is 7.27. The molecule has 2 heterocycles. The molecule has 0 aromatic carbocycles. The Morgan fingerprint density at radius 2 is 2.40 bits per heavy atom. The minimum Gasteiger partial charge on any atom is -0.369 e. The molecule has 0 spiro atoms. The SMILES string of the molecule is CC(=O)c1cnc(C2CNCCO2)cn1. The maximum absolute atomic E-state index is 11.0. The Morgan fingerprint density at radius 1 is 1.53 bits per heavy atom. The van der Waals surface area contributed by atoms with Gasteiger partial charge in [0.25, 0.3) is 0 Å². The molecule has 0 radical (unpaired) electrons. The second kappa shape index (κ2) is 4.46. The maximum Gasteiger partial charge on any atom is 0.179 e. The summed E-state index contributed by atoms with van der Waals surface area (Å²) >= 11 is 0. The smallest absolute Gasteiger partial charge is 0.179 e. The zero-order chi connectivity index (χ0) is 10.7. The average molecular weight is 207 g/mol. The summed E-state index contributed by atoms with van der Waals surface area (Å²) in [6.07, 6.45) is 3.05. The summed E-state index contributed by atoms with van der Waals surface area (Å²) in [5.74, 6) is -0.0725. The first-order valence-electron chi connectivity index (χ1n) is 4.92. The van der Waals surface area contributed by atoms with Crippen LogP contribution >= 0.6 is 0 Å². The lowest BCUT2D eigenvalue weighted by Crippen LogP contribution is -2.33. The van der Waals surface area contributed by atoms with E-state index in [1.165, 1.54) is 13.1 Å². The van der Waals surface area contributed by atoms with Crippen molar-refractivity contribution in [2.24, 2.45) is 0 Å². The van der Waals surface area contributed by atoms with Gasteiger partial charge in [-0.3, -0.25) is 9.78 Å². The molecule has 5 nitrogen and oxygen atoms in total. The molecule has 0 amide bonds. The number of hydrogen-bond acceptors (Lipinski definition) is 5. The number of nitrogens with one attached hydrogen (secondary N) is 1. The second-order valence-electron chi connectivity index (χ2n) is 3.45. The van der Waals surface area contributed by atoms with Crippen molar-refractivity contribution in [3.63, 3.8) is 0 Å². The van der Waals surface area contributed by atoms with E-state index in [0.717, 1.165) is 18.8 Å². The van der Waals surface area contributed by atoms with Crippen molar-refractivity contribution >= 4 is 5.78 Å². The largest absolute Gasteiger partial charge is 0.369 e. The molecule has 1 fully saturated rings. The van der Waals surface area contributed by atoms with Gasteiger partial charge in [0.2, 0.25) is 0 Å². The van der Waals surface area contributed by atoms with Gasteiger partial charge in [-0.2, -0.15) is 0 Å². The number of ether oxygens (including phenoxy) is 1. The van der Waals surface area contributed by atoms with Gasteiger partial charge in [0, 0.05) is 20.0 Å². The van der Waals surface area contributed by atoms with Gasteiger partial charge in [-0.15, -0.1) is 0 Å². The summed E-state index contributed by atoms with van der Waals surface area (Å²) in [6, 6.07) is 0. The van der Waals surface area contributed by atoms with Crippen molar-refractivity contribution in [2.45, 2.75) is 13.0 Å². The highest BCUT2D eigenvalue weighted by Gasteiger charge is 2.17. The van der Waals surface area contributed by atoms with Crippen molar-refractivity contribution in [1.29, 1.82) is 0 Å². The predicted molar refractivity (Wildman–Crippen MR) is 53.6 cm³/mol. The first kappa shape index (κ1) is 10.2. The highest BCUT2D eigenvalue weighted by Crippen LogP contribution is 2.15. The molecule has 1 atom stereocenters. The van der Waals surface area contributed by atoms with Gasteiger partial charge >= 0.3 is 0 Å². The zero-order valence-electron chi connectivity index (χ0n) is 8.56. The zero-order valence-corrected chi connectivity index (χ0v) is 8.56. The fourth-order valence-corrected chi connectivity index (χ4v) is 1.44. The Bertz CT molecular complexity index is 344. The highest BCUT2D eigenvalue weighted by atomic mass is 16.5. The maximum atomic E-state index is 11.0. The Labute approximate surface area is 87.9 Å². The molecule has 1 saturated heterocycles. The number of aromatic nitrogens is 2. The van der Waals surface area contributed by atoms with Gasteiger partial charge in [-0.25, -0.2) is 4.98 Å². The number of carbonyl (C=O) groups is 1. The van der Waals surface area contributed by atoms with Crippen LogP contribution in [0.25, 0.3) is 0 Å². The Balaban J connectivity index is 2.11. The molecule has 1 aromatic heterocycles. The number of hydrogen-bond donors (Lipinski definition) is 1. The number of nitrogens with zero attached hydrogens (tertiary/aromatic N) is 2. The molecule has 1 unspecified atom stereocenters. The van der Waals surface area contributed by atoms with Crippen molar-refractivity contribution in [3.05, 3.63) is 23.8 Å². The lowest BCUT2D eigenvalue weighted by Gasteiger charge is -2.22. The fourth-order valence-electron chi connectivity index (χ4n) is 1.44. The molecule has 0 saturated carbocycles. The van der Waals surface area contributed by atoms with E-state index >= 15 is 0 Å². The van der Waals surface area contributed by atoms with E-state index in [0.29, 0.717) is 12.3 Å². The number of rotatable bonds is 2. The van der Waals surface area contributed by atoms with E-state index in [1.807, 2.05) is 0 Å². The summed E-state index contributed by atoms with van der Waals surface area (Å²) in [5.41, 5.74) is 1.16. The fraction of sp³-hybridized carbons (Fsp3) is 0.500. The quantitative estimate of drug-likeness (QED) is 0.708. The molecular weight excluding hydrogens is 194 g/mol. The van der Waals surface area contributed by atoms with Crippen LogP contribution in [0.2, 0.25) is 0 Å². The van der Waals surface area contributed by atoms with Gasteiger partial charge in [-0.1, -0.05) is 0 Å². The first-order valence-corrected chi connectivity index (χ1v) is 4.92. The van der Waals surface area contributed by atoms with Crippen molar-refractivity contribution < 1.29 is 9.53 Å². The third-order valence-electron chi connectivity index (χ3n) is 2.29. The van der Waals surface area contributed by atoms with Gasteiger partial charge in [0.05, 0.1) is 24.7 Å². The van der Waals surface area contributed by atoms with Crippen LogP contribution < -0.4 is 5.32 Å². The monoisotopic (exact) mass is 207 g/mol. The molecule has 1 N–H and O–H groups in total. The van der Waals surface area contributed by atoms with Crippen LogP contribution in [-0.4, -0.2) is 35.4 Å². The Hall–Kier alpha value is -1.33. The Morgan fingerprint density at radius 3 is 2.93 bits per heavy atom. The van der Waals surface area contributed by atoms with Gasteiger partial charge in [0.1, 0.15) is 11.8 Å². The number of morpholine rings is 1. The van der Waals surface area contributed by atoms with Gasteiger partial charge < -0.3 is 10.1 Å². The molecule has 80 valence electrons. The van der Waals surface area contributed by atoms with E-state index in [1.54, 1.807) is 6.20 Å². The average Bonchev–Trinajstić information content (AvgIpc) is 2.30. The van der Waals surface area contributed by atoms with E-state index in [-0.39, 0.29) is 11.9 Å². The molecule has 1 aliphatic heterocycles. The van der Waals surface area contributed by atoms with E-state index < -0.39 is 0 Å². The minimum atomic E-state index is -0.0725. The standard InChI is InChI=1S/C10H13N3O2/c1-7(14)8-4-13-9(5-12-8)10-6-11-2-3-15-10/h4-5,10-11H,2-3,6H2,1H3. The van der Waals surface area contributed by atoms with Crippen LogP contribution in [0, 0.1) is 0 Å². The Kier molecular flexibility index (Phi) is 3.03. The number of ketones is 1. The van der Waals surface area contributed by atoms with Crippen molar-refractivity contribution in [1.82, 2.24) is 15.3 Å². The van der Waals surface area contributed by atoms with Crippen molar-refractivity contribution in [3.8, 4) is 0 Å². The topological polar surface area (TPSA) is 64.1 Å². The van der Waals surface area contributed by atoms with Gasteiger partial charge in [0.15, 0.2) is 5.78 Å². The van der Waals surface area contributed by atoms with Crippen LogP contribution in [0.5, 0.6) is 0 Å². The minimum absolute atomic E-state index is 0.0488. The van der Waals surface area contributed by atoms with E-state index in [9.17, 15) is 4.79 Å². The number of Topliss-reactive ketones (excluding diaryl/α,β-unsaturated/α-hetero) is 1. The summed E-state index contributed by atoms with van der Waals surface area (Å²) < 4.78 is 5.51. The molecule has 1 aliphatic rings. The summed E-state index contributed by atoms with van der Waals surface area (Å²) in [7, 11) is 0. The normalized spacial score (nSPS) is 21.3. The van der Waals surface area contributed by atoms with Crippen LogP contribution in [-0.2, 0) is 4.74 Å². The lowest BCUT2D eigenvalue weighted by molar-refractivity contribution is 0.0247. The molecule has 0 aliphatic carbocycles. The molecule has 5 heteroatoms. The molecule has 15 heavy (non-hydrogen) atoms. The van der Waals surface area contributed by atoms with E-state index in [2.05, 4.69) is 15.3 Å². The van der Waals surface area contributed by atoms with Crippen LogP contribution in [0.1, 0.15) is 29.2 Å². The van der Waals surface area contributed by atoms with Crippen LogP contribution in [0.3, 0.4) is 0 Å². The summed E-state index contributed by atoms with van der Waals surface area (Å²) in [6.45, 7) is 3.77. The van der Waals surface area contributed by atoms with Crippen molar-refractivity contribution in [2.75, 3.05) is 19.7 Å². The predicted octanol–water partition coefficient (Wildman–Crippen LogP) is 0.340. The third kappa shape index (κ3) is 2.37. The third-order valence-corrected chi connectivity index (χ3v) is 2.29. The van der Waals surface area contributed by atoms with Crippen LogP contribution in [0.4, 0.5) is 0 Å². The van der Waals surface area contributed by atoms with Crippen LogP contribution in [0.15, 0.2) is 12.4 Å². The summed E-state index contributed by atoms with van der Waals surface area (Å²) in [4.78, 5) is 19.2. The molecular formula is C10H13N3O2. The summed E-state index contributed by atoms with van der Waals surface area (Å²) in [5, 5.41) is 3.21. The van der Waals surface area contributed by atoms with Gasteiger partial charge in [-0.05, 0) is 0 Å². The molecule has 1 aromatic rings. The second-order valence-corrected chi connectivity index (χ2v) is 3.45. The highest BCUT2D eigenvalue weighted by molar-refractivity contribution is 5.91. The lowest BCUT2D eigenvalue weighted by atomic mass is 10.2. The molecule has 2 rings (SSSR count).